The van der Waals surface area contributed by atoms with E-state index in [4.69, 9.17) is 5.73 Å². The van der Waals surface area contributed by atoms with Crippen LogP contribution in [0.1, 0.15) is 24.5 Å². The number of hydrogen-bond donors (Lipinski definition) is 2. The summed E-state index contributed by atoms with van der Waals surface area (Å²) in [6.45, 7) is 2.84. The first kappa shape index (κ1) is 24.3. The third-order valence-corrected chi connectivity index (χ3v) is 6.31. The van der Waals surface area contributed by atoms with Crippen LogP contribution in [0.4, 0.5) is 24.7 Å². The number of nitrogen functional groups attached to an aromatic ring is 1. The number of ether oxygens (including phenoxy) is 1. The third kappa shape index (κ3) is 4.74. The van der Waals surface area contributed by atoms with Gasteiger partial charge in [-0.15, -0.1) is 13.2 Å². The van der Waals surface area contributed by atoms with Crippen molar-refractivity contribution in [2.45, 2.75) is 39.1 Å². The summed E-state index contributed by atoms with van der Waals surface area (Å²) in [5.41, 5.74) is 9.64. The molecule has 0 bridgehead atoms. The first-order valence-corrected chi connectivity index (χ1v) is 11.7. The Morgan fingerprint density at radius 1 is 1.22 bits per heavy atom. The number of aromatic amines is 1. The molecule has 0 fully saturated rings. The number of nitrogens with two attached hydrogens (primary N) is 1. The van der Waals surface area contributed by atoms with Crippen LogP contribution >= 0.6 is 0 Å². The fourth-order valence-corrected chi connectivity index (χ4v) is 4.68. The summed E-state index contributed by atoms with van der Waals surface area (Å²) < 4.78 is 43.0. The van der Waals surface area contributed by atoms with Crippen LogP contribution in [0.2, 0.25) is 0 Å². The zero-order valence-corrected chi connectivity index (χ0v) is 19.8. The van der Waals surface area contributed by atoms with Crippen molar-refractivity contribution in [3.8, 4) is 17.0 Å². The number of halogens is 3. The number of benzene rings is 2. The normalized spacial score (nSPS) is 13.2. The molecule has 37 heavy (non-hydrogen) atoms. The van der Waals surface area contributed by atoms with Crippen LogP contribution in [0.15, 0.2) is 47.3 Å². The van der Waals surface area contributed by atoms with Gasteiger partial charge in [0.05, 0.1) is 5.39 Å². The average Bonchev–Trinajstić information content (AvgIpc) is 3.46. The lowest BCUT2D eigenvalue weighted by Gasteiger charge is -2.18. The summed E-state index contributed by atoms with van der Waals surface area (Å²) in [6.07, 6.45) is -3.73. The molecule has 12 heteroatoms. The predicted octanol–water partition coefficient (Wildman–Crippen LogP) is 3.81. The van der Waals surface area contributed by atoms with E-state index in [0.717, 1.165) is 16.8 Å². The average molecular weight is 512 g/mol. The van der Waals surface area contributed by atoms with Gasteiger partial charge in [0.1, 0.15) is 17.0 Å². The van der Waals surface area contributed by atoms with Crippen molar-refractivity contribution in [1.82, 2.24) is 20.0 Å². The van der Waals surface area contributed by atoms with E-state index in [1.54, 1.807) is 15.6 Å². The van der Waals surface area contributed by atoms with E-state index in [1.165, 1.54) is 18.2 Å². The van der Waals surface area contributed by atoms with Gasteiger partial charge in [-0.1, -0.05) is 18.2 Å². The van der Waals surface area contributed by atoms with Gasteiger partial charge in [-0.25, -0.2) is 5.10 Å². The lowest BCUT2D eigenvalue weighted by Crippen LogP contribution is -2.29. The summed E-state index contributed by atoms with van der Waals surface area (Å²) >= 11 is 0. The summed E-state index contributed by atoms with van der Waals surface area (Å²) in [6, 6.07) is 11.2. The van der Waals surface area contributed by atoms with Gasteiger partial charge in [-0.3, -0.25) is 14.3 Å². The first-order chi connectivity index (χ1) is 17.6. The van der Waals surface area contributed by atoms with Crippen molar-refractivity contribution in [2.24, 2.45) is 0 Å². The number of alkyl halides is 3. The fraction of sp³-hybridized carbons (Fsp3) is 0.280. The zero-order valence-electron chi connectivity index (χ0n) is 19.8. The molecule has 0 saturated carbocycles. The molecule has 0 radical (unpaired) electrons. The van der Waals surface area contributed by atoms with E-state index < -0.39 is 6.36 Å². The van der Waals surface area contributed by atoms with Gasteiger partial charge in [-0.2, -0.15) is 10.2 Å². The monoisotopic (exact) mass is 512 g/mol. The number of amides is 1. The van der Waals surface area contributed by atoms with Gasteiger partial charge in [0.2, 0.25) is 5.91 Å². The second-order valence-electron chi connectivity index (χ2n) is 8.66. The second-order valence-corrected chi connectivity index (χ2v) is 8.66. The Labute approximate surface area is 208 Å². The fourth-order valence-electron chi connectivity index (χ4n) is 4.68. The van der Waals surface area contributed by atoms with Crippen LogP contribution < -0.4 is 20.9 Å². The van der Waals surface area contributed by atoms with Gasteiger partial charge in [0.15, 0.2) is 5.82 Å². The summed E-state index contributed by atoms with van der Waals surface area (Å²) in [5.74, 6) is -0.270. The molecule has 9 nitrogen and oxygen atoms in total. The van der Waals surface area contributed by atoms with Crippen LogP contribution in [0.3, 0.4) is 0 Å². The number of carbonyl (C=O) groups excluding carboxylic acids is 1. The highest BCUT2D eigenvalue weighted by Crippen LogP contribution is 2.35. The van der Waals surface area contributed by atoms with E-state index in [0.29, 0.717) is 41.7 Å². The Balaban J connectivity index is 1.36. The number of aryl methyl sites for hydroxylation is 2. The van der Waals surface area contributed by atoms with Crippen molar-refractivity contribution >= 4 is 28.3 Å². The Morgan fingerprint density at radius 2 is 2.03 bits per heavy atom. The molecule has 2 aromatic heterocycles. The molecule has 2 aromatic carbocycles. The maximum atomic E-state index is 13.0. The van der Waals surface area contributed by atoms with Crippen LogP contribution in [0.5, 0.6) is 5.75 Å². The first-order valence-electron chi connectivity index (χ1n) is 11.7. The molecule has 0 aliphatic carbocycles. The molecule has 5 rings (SSSR count). The Kier molecular flexibility index (Phi) is 6.10. The van der Waals surface area contributed by atoms with Crippen LogP contribution in [-0.2, 0) is 24.2 Å². The van der Waals surface area contributed by atoms with Crippen molar-refractivity contribution in [1.29, 1.82) is 0 Å². The summed E-state index contributed by atoms with van der Waals surface area (Å²) in [4.78, 5) is 27.0. The SMILES string of the molecule is CCn1nc(-c2ccc3c(c2)CCN3C(=O)CCc2cccc(OC(F)(F)F)c2)c2c(N)n[nH]c(=O)c21. The number of H-pyrrole nitrogens is 1. The number of hydrogen-bond acceptors (Lipinski definition) is 6. The van der Waals surface area contributed by atoms with Gasteiger partial charge in [-0.05, 0) is 55.2 Å². The highest BCUT2D eigenvalue weighted by Gasteiger charge is 2.31. The molecular weight excluding hydrogens is 489 g/mol. The molecular formula is C25H23F3N6O3. The largest absolute Gasteiger partial charge is 0.573 e. The number of aromatic nitrogens is 4. The lowest BCUT2D eigenvalue weighted by molar-refractivity contribution is -0.274. The van der Waals surface area contributed by atoms with E-state index >= 15 is 0 Å². The van der Waals surface area contributed by atoms with Gasteiger partial charge < -0.3 is 15.4 Å². The number of nitrogens with zero attached hydrogens (tertiary/aromatic N) is 4. The summed E-state index contributed by atoms with van der Waals surface area (Å²) in [5, 5.41) is 11.3. The molecule has 0 unspecified atom stereocenters. The second kappa shape index (κ2) is 9.26. The van der Waals surface area contributed by atoms with E-state index in [1.807, 2.05) is 25.1 Å². The molecule has 192 valence electrons. The van der Waals surface area contributed by atoms with Crippen molar-refractivity contribution in [3.05, 3.63) is 63.9 Å². The number of rotatable bonds is 6. The third-order valence-electron chi connectivity index (χ3n) is 6.31. The molecule has 1 amide bonds. The molecule has 0 spiro atoms. The molecule has 3 N–H and O–H groups in total. The maximum absolute atomic E-state index is 13.0. The lowest BCUT2D eigenvalue weighted by atomic mass is 10.0. The van der Waals surface area contributed by atoms with Gasteiger partial charge >= 0.3 is 6.36 Å². The Hall–Kier alpha value is -4.35. The smallest absolute Gasteiger partial charge is 0.406 e. The van der Waals surface area contributed by atoms with Gasteiger partial charge in [0, 0.05) is 30.8 Å². The molecule has 1 aliphatic rings. The van der Waals surface area contributed by atoms with Crippen molar-refractivity contribution < 1.29 is 22.7 Å². The number of anilines is 2. The van der Waals surface area contributed by atoms with Crippen LogP contribution in [-0.4, -0.2) is 38.8 Å². The standard InChI is InChI=1S/C25H23F3N6O3/c1-2-34-22-20(23(29)30-31-24(22)36)21(32-34)16-7-8-18-15(13-16)10-11-33(18)19(35)9-6-14-4-3-5-17(12-14)37-25(26,27)28/h3-5,7-8,12-13H,2,6,9-11H2,1H3,(H2,29,30)(H,31,36). The molecule has 0 atom stereocenters. The highest BCUT2D eigenvalue weighted by atomic mass is 19.4. The number of carbonyl (C=O) groups is 1. The minimum absolute atomic E-state index is 0.130. The van der Waals surface area contributed by atoms with E-state index in [9.17, 15) is 22.8 Å². The molecule has 1 aliphatic heterocycles. The van der Waals surface area contributed by atoms with Gasteiger partial charge in [0.25, 0.3) is 5.56 Å². The topological polar surface area (TPSA) is 119 Å². The predicted molar refractivity (Wildman–Crippen MR) is 131 cm³/mol. The minimum atomic E-state index is -4.77. The number of nitrogens with one attached hydrogen (secondary N) is 1. The van der Waals surface area contributed by atoms with E-state index in [2.05, 4.69) is 20.0 Å². The van der Waals surface area contributed by atoms with Crippen LogP contribution in [0, 0.1) is 0 Å². The van der Waals surface area contributed by atoms with Crippen molar-refractivity contribution in [3.63, 3.8) is 0 Å². The minimum Gasteiger partial charge on any atom is -0.406 e. The van der Waals surface area contributed by atoms with Crippen molar-refractivity contribution in [2.75, 3.05) is 17.2 Å². The molecule has 0 saturated heterocycles. The molecule has 4 aromatic rings. The zero-order chi connectivity index (χ0) is 26.3. The number of fused-ring (bicyclic) bond motifs is 2. The maximum Gasteiger partial charge on any atom is 0.573 e. The quantitative estimate of drug-likeness (QED) is 0.406. The highest BCUT2D eigenvalue weighted by molar-refractivity contribution is 6.01. The van der Waals surface area contributed by atoms with E-state index in [-0.39, 0.29) is 35.9 Å². The van der Waals surface area contributed by atoms with Crippen LogP contribution in [0.25, 0.3) is 22.2 Å². The Morgan fingerprint density at radius 3 is 2.78 bits per heavy atom. The Bertz CT molecular complexity index is 1560. The summed E-state index contributed by atoms with van der Waals surface area (Å²) in [7, 11) is 0. The molecule has 3 heterocycles.